The molecule has 1 aliphatic rings. The highest BCUT2D eigenvalue weighted by Crippen LogP contribution is 2.06. The molecule has 1 fully saturated rings. The van der Waals surface area contributed by atoms with E-state index >= 15 is 0 Å². The summed E-state index contributed by atoms with van der Waals surface area (Å²) < 4.78 is 11.1. The van der Waals surface area contributed by atoms with Crippen molar-refractivity contribution in [2.45, 2.75) is 18.7 Å². The molecule has 0 bridgehead atoms. The summed E-state index contributed by atoms with van der Waals surface area (Å²) in [6, 6.07) is 8.28. The zero-order valence-corrected chi connectivity index (χ0v) is 13.2. The van der Waals surface area contributed by atoms with Gasteiger partial charge >= 0.3 is 7.12 Å². The molecule has 0 radical (unpaired) electrons. The summed E-state index contributed by atoms with van der Waals surface area (Å²) in [5.41, 5.74) is 2.36. The van der Waals surface area contributed by atoms with Crippen molar-refractivity contribution < 1.29 is 9.31 Å². The average molecular weight is 364 g/mol. The van der Waals surface area contributed by atoms with Crippen molar-refractivity contribution in [3.8, 4) is 0 Å². The maximum Gasteiger partial charge on any atom is 0.493 e. The number of halogens is 2. The van der Waals surface area contributed by atoms with E-state index in [1.54, 1.807) is 0 Å². The van der Waals surface area contributed by atoms with Crippen molar-refractivity contribution in [2.75, 3.05) is 18.5 Å². The second kappa shape index (κ2) is 9.14. The van der Waals surface area contributed by atoms with Crippen molar-refractivity contribution in [3.63, 3.8) is 0 Å². The first kappa shape index (κ1) is 15.2. The van der Waals surface area contributed by atoms with E-state index in [-0.39, 0.29) is 7.12 Å². The van der Waals surface area contributed by atoms with E-state index in [1.165, 1.54) is 5.56 Å². The summed E-state index contributed by atoms with van der Waals surface area (Å²) in [6.07, 6.45) is 0.995. The van der Waals surface area contributed by atoms with Crippen molar-refractivity contribution in [2.24, 2.45) is 0 Å². The van der Waals surface area contributed by atoms with Gasteiger partial charge in [-0.05, 0) is 17.4 Å². The largest absolute Gasteiger partial charge is 0.493 e. The Morgan fingerprint density at radius 2 is 1.88 bits per heavy atom. The molecule has 1 saturated heterocycles. The van der Waals surface area contributed by atoms with Crippen LogP contribution < -0.4 is 5.46 Å². The molecule has 0 saturated carbocycles. The van der Waals surface area contributed by atoms with E-state index in [1.807, 2.05) is 19.1 Å². The third-order valence-corrected chi connectivity index (χ3v) is 2.85. The molecule has 1 aromatic carbocycles. The predicted molar refractivity (Wildman–Crippen MR) is 80.5 cm³/mol. The standard InChI is InChI=1S/C10H12BBrO2.C2H5Br/c12-8-9-3-1-4-10(7-9)11-13-5-2-6-14-11;1-2-3/h1,3-4,7H,2,5-6,8H2;2H2,1H3. The van der Waals surface area contributed by atoms with Crippen LogP contribution in [0.4, 0.5) is 0 Å². The fourth-order valence-electron chi connectivity index (χ4n) is 1.50. The Morgan fingerprint density at radius 1 is 1.24 bits per heavy atom. The lowest BCUT2D eigenvalue weighted by atomic mass is 9.77. The molecule has 1 aromatic rings. The molecule has 0 aliphatic carbocycles. The van der Waals surface area contributed by atoms with Gasteiger partial charge in [0.05, 0.1) is 0 Å². The van der Waals surface area contributed by atoms with Crippen LogP contribution in [-0.4, -0.2) is 25.7 Å². The number of hydrogen-bond donors (Lipinski definition) is 0. The lowest BCUT2D eigenvalue weighted by Crippen LogP contribution is -2.40. The first-order valence-electron chi connectivity index (χ1n) is 5.75. The quantitative estimate of drug-likeness (QED) is 0.593. The van der Waals surface area contributed by atoms with Crippen LogP contribution in [-0.2, 0) is 14.6 Å². The first-order valence-corrected chi connectivity index (χ1v) is 8.00. The molecule has 2 nitrogen and oxygen atoms in total. The lowest BCUT2D eigenvalue weighted by molar-refractivity contribution is 0.143. The Morgan fingerprint density at radius 3 is 2.47 bits per heavy atom. The van der Waals surface area contributed by atoms with Gasteiger partial charge in [-0.2, -0.15) is 0 Å². The zero-order chi connectivity index (χ0) is 12.5. The maximum atomic E-state index is 5.53. The van der Waals surface area contributed by atoms with Crippen molar-refractivity contribution in [1.29, 1.82) is 0 Å². The third-order valence-electron chi connectivity index (χ3n) is 2.20. The van der Waals surface area contributed by atoms with E-state index in [0.717, 1.165) is 35.8 Å². The summed E-state index contributed by atoms with van der Waals surface area (Å²) in [4.78, 5) is 0. The van der Waals surface area contributed by atoms with E-state index in [0.29, 0.717) is 0 Å². The maximum absolute atomic E-state index is 5.53. The molecule has 0 N–H and O–H groups in total. The molecular weight excluding hydrogens is 347 g/mol. The molecule has 2 rings (SSSR count). The van der Waals surface area contributed by atoms with Crippen LogP contribution in [0.2, 0.25) is 0 Å². The Labute approximate surface area is 120 Å². The minimum Gasteiger partial charge on any atom is -0.407 e. The SMILES string of the molecule is BrCc1cccc(B2OCCCO2)c1.CCBr. The van der Waals surface area contributed by atoms with Crippen LogP contribution >= 0.6 is 31.9 Å². The summed E-state index contributed by atoms with van der Waals surface area (Å²) in [7, 11) is -0.164. The molecule has 17 heavy (non-hydrogen) atoms. The highest BCUT2D eigenvalue weighted by Gasteiger charge is 2.24. The Balaban J connectivity index is 0.000000437. The van der Waals surface area contributed by atoms with E-state index in [2.05, 4.69) is 44.0 Å². The predicted octanol–water partition coefficient (Wildman–Crippen LogP) is 3.11. The second-order valence-electron chi connectivity index (χ2n) is 3.57. The van der Waals surface area contributed by atoms with Gasteiger partial charge in [0.2, 0.25) is 0 Å². The monoisotopic (exact) mass is 362 g/mol. The number of hydrogen-bond acceptors (Lipinski definition) is 2. The highest BCUT2D eigenvalue weighted by molar-refractivity contribution is 9.09. The fourth-order valence-corrected chi connectivity index (χ4v) is 1.85. The normalized spacial score (nSPS) is 15.1. The summed E-state index contributed by atoms with van der Waals surface area (Å²) in [5.74, 6) is 0. The summed E-state index contributed by atoms with van der Waals surface area (Å²) >= 11 is 6.58. The van der Waals surface area contributed by atoms with Crippen molar-refractivity contribution >= 4 is 44.4 Å². The van der Waals surface area contributed by atoms with Gasteiger partial charge in [0, 0.05) is 23.9 Å². The Kier molecular flexibility index (Phi) is 8.19. The van der Waals surface area contributed by atoms with Gasteiger partial charge in [-0.1, -0.05) is 63.0 Å². The summed E-state index contributed by atoms with van der Waals surface area (Å²) in [6.45, 7) is 3.63. The molecule has 1 heterocycles. The van der Waals surface area contributed by atoms with Gasteiger partial charge in [0.25, 0.3) is 0 Å². The number of alkyl halides is 2. The van der Waals surface area contributed by atoms with Gasteiger partial charge in [0.15, 0.2) is 0 Å². The molecule has 0 amide bonds. The van der Waals surface area contributed by atoms with E-state index in [9.17, 15) is 0 Å². The Hall–Kier alpha value is 0.165. The fraction of sp³-hybridized carbons (Fsp3) is 0.500. The van der Waals surface area contributed by atoms with Gasteiger partial charge in [-0.15, -0.1) is 0 Å². The van der Waals surface area contributed by atoms with E-state index < -0.39 is 0 Å². The van der Waals surface area contributed by atoms with Crippen LogP contribution in [0.3, 0.4) is 0 Å². The van der Waals surface area contributed by atoms with Gasteiger partial charge in [-0.25, -0.2) is 0 Å². The van der Waals surface area contributed by atoms with Gasteiger partial charge in [0.1, 0.15) is 0 Å². The average Bonchev–Trinajstić information content (AvgIpc) is 2.41. The third kappa shape index (κ3) is 5.55. The molecule has 0 spiro atoms. The van der Waals surface area contributed by atoms with Crippen LogP contribution in [0.1, 0.15) is 18.9 Å². The summed E-state index contributed by atoms with van der Waals surface area (Å²) in [5, 5.41) is 1.93. The lowest BCUT2D eigenvalue weighted by Gasteiger charge is -2.20. The minimum absolute atomic E-state index is 0.164. The topological polar surface area (TPSA) is 18.5 Å². The number of benzene rings is 1. The first-order chi connectivity index (χ1) is 8.31. The molecule has 0 aromatic heterocycles. The van der Waals surface area contributed by atoms with Crippen LogP contribution in [0, 0.1) is 0 Å². The van der Waals surface area contributed by atoms with Gasteiger partial charge in [-0.3, -0.25) is 0 Å². The van der Waals surface area contributed by atoms with E-state index in [4.69, 9.17) is 9.31 Å². The smallest absolute Gasteiger partial charge is 0.407 e. The molecule has 94 valence electrons. The highest BCUT2D eigenvalue weighted by atomic mass is 79.9. The number of rotatable bonds is 2. The molecule has 1 aliphatic heterocycles. The molecule has 5 heteroatoms. The Bertz CT molecular complexity index is 317. The molecular formula is C12H17BBr2O2. The van der Waals surface area contributed by atoms with Crippen molar-refractivity contribution in [1.82, 2.24) is 0 Å². The molecule has 0 atom stereocenters. The minimum atomic E-state index is -0.164. The van der Waals surface area contributed by atoms with Crippen LogP contribution in [0.5, 0.6) is 0 Å². The van der Waals surface area contributed by atoms with Crippen LogP contribution in [0.15, 0.2) is 24.3 Å². The molecule has 0 unspecified atom stereocenters. The van der Waals surface area contributed by atoms with Crippen molar-refractivity contribution in [3.05, 3.63) is 29.8 Å². The van der Waals surface area contributed by atoms with Crippen LogP contribution in [0.25, 0.3) is 0 Å². The van der Waals surface area contributed by atoms with Gasteiger partial charge < -0.3 is 9.31 Å². The zero-order valence-electron chi connectivity index (χ0n) is 9.99. The second-order valence-corrected chi connectivity index (χ2v) is 5.26.